The third-order valence-corrected chi connectivity index (χ3v) is 3.86. The summed E-state index contributed by atoms with van der Waals surface area (Å²) < 4.78 is 39.2. The summed E-state index contributed by atoms with van der Waals surface area (Å²) >= 11 is 0.607. The number of alkyl halides is 3. The van der Waals surface area contributed by atoms with Gasteiger partial charge in [0.1, 0.15) is 10.5 Å². The molecular weight excluding hydrogens is 301 g/mol. The van der Waals surface area contributed by atoms with Crippen LogP contribution in [0.4, 0.5) is 18.3 Å². The van der Waals surface area contributed by atoms with Gasteiger partial charge in [-0.2, -0.15) is 13.2 Å². The van der Waals surface area contributed by atoms with E-state index in [0.717, 1.165) is 17.5 Å². The van der Waals surface area contributed by atoms with Crippen molar-refractivity contribution in [1.29, 1.82) is 0 Å². The minimum Gasteiger partial charge on any atom is -0.361 e. The highest BCUT2D eigenvalue weighted by Crippen LogP contribution is 2.34. The van der Waals surface area contributed by atoms with Gasteiger partial charge in [0.2, 0.25) is 0 Å². The number of imidazole rings is 1. The van der Waals surface area contributed by atoms with Crippen LogP contribution in [0.5, 0.6) is 0 Å². The van der Waals surface area contributed by atoms with Gasteiger partial charge in [-0.25, -0.2) is 9.97 Å². The van der Waals surface area contributed by atoms with Crippen molar-refractivity contribution in [1.82, 2.24) is 14.4 Å². The number of fused-ring (bicyclic) bond motifs is 1. The fraction of sp³-hybridized carbons (Fsp3) is 0.231. The van der Waals surface area contributed by atoms with Gasteiger partial charge < -0.3 is 9.72 Å². The van der Waals surface area contributed by atoms with Crippen molar-refractivity contribution in [2.75, 3.05) is 11.9 Å². The smallest absolute Gasteiger partial charge is 0.361 e. The van der Waals surface area contributed by atoms with E-state index in [0.29, 0.717) is 24.3 Å². The first-order valence-corrected chi connectivity index (χ1v) is 7.03. The van der Waals surface area contributed by atoms with E-state index in [2.05, 4.69) is 15.3 Å². The van der Waals surface area contributed by atoms with Gasteiger partial charge in [0.15, 0.2) is 5.13 Å². The van der Waals surface area contributed by atoms with Crippen LogP contribution in [-0.4, -0.2) is 20.9 Å². The van der Waals surface area contributed by atoms with Gasteiger partial charge in [-0.3, -0.25) is 0 Å². The zero-order valence-corrected chi connectivity index (χ0v) is 11.6. The molecule has 0 aromatic carbocycles. The first-order valence-electron chi connectivity index (χ1n) is 6.22. The lowest BCUT2D eigenvalue weighted by Crippen LogP contribution is -2.04. The molecule has 0 amide bonds. The molecule has 8 heteroatoms. The van der Waals surface area contributed by atoms with Crippen LogP contribution in [-0.2, 0) is 12.6 Å². The second-order valence-corrected chi connectivity index (χ2v) is 5.43. The molecular formula is C13H11F3N4S. The number of anilines is 1. The largest absolute Gasteiger partial charge is 0.427 e. The van der Waals surface area contributed by atoms with E-state index in [9.17, 15) is 13.2 Å². The summed E-state index contributed by atoms with van der Waals surface area (Å²) in [5.41, 5.74) is 1.72. The number of nitrogens with one attached hydrogen (secondary N) is 1. The maximum absolute atomic E-state index is 12.4. The molecule has 0 aliphatic carbocycles. The van der Waals surface area contributed by atoms with Crippen molar-refractivity contribution in [3.05, 3.63) is 47.4 Å². The van der Waals surface area contributed by atoms with Crippen molar-refractivity contribution in [2.24, 2.45) is 0 Å². The normalized spacial score (nSPS) is 12.0. The highest BCUT2D eigenvalue weighted by Gasteiger charge is 2.33. The van der Waals surface area contributed by atoms with E-state index in [1.54, 1.807) is 0 Å². The molecule has 0 aliphatic rings. The van der Waals surface area contributed by atoms with Crippen LogP contribution < -0.4 is 5.32 Å². The second-order valence-electron chi connectivity index (χ2n) is 4.40. The van der Waals surface area contributed by atoms with Gasteiger partial charge in [-0.1, -0.05) is 17.4 Å². The molecule has 3 heterocycles. The lowest BCUT2D eigenvalue weighted by atomic mass is 10.3. The zero-order chi connectivity index (χ0) is 14.9. The highest BCUT2D eigenvalue weighted by atomic mass is 32.1. The van der Waals surface area contributed by atoms with Gasteiger partial charge in [0.25, 0.3) is 0 Å². The lowest BCUT2D eigenvalue weighted by Gasteiger charge is -2.01. The Kier molecular flexibility index (Phi) is 3.54. The first kappa shape index (κ1) is 13.9. The molecule has 21 heavy (non-hydrogen) atoms. The van der Waals surface area contributed by atoms with E-state index < -0.39 is 11.1 Å². The Labute approximate surface area is 122 Å². The summed E-state index contributed by atoms with van der Waals surface area (Å²) in [6.45, 7) is 0.481. The predicted octanol–water partition coefficient (Wildman–Crippen LogP) is 3.46. The number of halogens is 3. The van der Waals surface area contributed by atoms with Crippen molar-refractivity contribution in [2.45, 2.75) is 12.6 Å². The SMILES string of the molecule is FC(F)(F)c1cnc(NCCc2cn3ccccc3n2)s1. The van der Waals surface area contributed by atoms with Crippen LogP contribution in [0.1, 0.15) is 10.6 Å². The van der Waals surface area contributed by atoms with Crippen molar-refractivity contribution < 1.29 is 13.2 Å². The monoisotopic (exact) mass is 312 g/mol. The number of nitrogens with zero attached hydrogens (tertiary/aromatic N) is 3. The molecule has 3 rings (SSSR count). The quantitative estimate of drug-likeness (QED) is 0.802. The average Bonchev–Trinajstić information content (AvgIpc) is 3.03. The fourth-order valence-electron chi connectivity index (χ4n) is 1.89. The van der Waals surface area contributed by atoms with Crippen molar-refractivity contribution >= 4 is 22.1 Å². The van der Waals surface area contributed by atoms with Gasteiger partial charge in [0, 0.05) is 25.4 Å². The zero-order valence-electron chi connectivity index (χ0n) is 10.8. The molecule has 0 spiro atoms. The predicted molar refractivity (Wildman–Crippen MR) is 74.5 cm³/mol. The summed E-state index contributed by atoms with van der Waals surface area (Å²) in [5.74, 6) is 0. The molecule has 1 N–H and O–H groups in total. The molecule has 0 fully saturated rings. The van der Waals surface area contributed by atoms with Crippen LogP contribution in [0.15, 0.2) is 36.8 Å². The van der Waals surface area contributed by atoms with Crippen LogP contribution in [0, 0.1) is 0 Å². The molecule has 0 saturated carbocycles. The summed E-state index contributed by atoms with van der Waals surface area (Å²) in [4.78, 5) is 7.44. The number of pyridine rings is 1. The molecule has 4 nitrogen and oxygen atoms in total. The molecule has 0 atom stereocenters. The molecule has 0 saturated heterocycles. The highest BCUT2D eigenvalue weighted by molar-refractivity contribution is 7.15. The number of thiazole rings is 1. The van der Waals surface area contributed by atoms with Crippen LogP contribution in [0.3, 0.4) is 0 Å². The Balaban J connectivity index is 1.59. The minimum absolute atomic E-state index is 0.270. The number of aromatic nitrogens is 3. The third-order valence-electron chi connectivity index (χ3n) is 2.86. The lowest BCUT2D eigenvalue weighted by molar-refractivity contribution is -0.134. The van der Waals surface area contributed by atoms with Gasteiger partial charge in [0.05, 0.1) is 11.9 Å². The number of hydrogen-bond donors (Lipinski definition) is 1. The fourth-order valence-corrected chi connectivity index (χ4v) is 2.60. The maximum atomic E-state index is 12.4. The summed E-state index contributed by atoms with van der Waals surface area (Å²) in [5, 5.41) is 3.16. The van der Waals surface area contributed by atoms with Crippen molar-refractivity contribution in [3.63, 3.8) is 0 Å². The average molecular weight is 312 g/mol. The summed E-state index contributed by atoms with van der Waals surface area (Å²) in [7, 11) is 0. The third kappa shape index (κ3) is 3.15. The van der Waals surface area contributed by atoms with Gasteiger partial charge in [-0.15, -0.1) is 0 Å². The van der Waals surface area contributed by atoms with Gasteiger partial charge in [-0.05, 0) is 12.1 Å². The summed E-state index contributed by atoms with van der Waals surface area (Å²) in [6, 6.07) is 5.71. The number of hydrogen-bond acceptors (Lipinski definition) is 4. The van der Waals surface area contributed by atoms with Crippen molar-refractivity contribution in [3.8, 4) is 0 Å². The molecule has 0 unspecified atom stereocenters. The Morgan fingerprint density at radius 3 is 2.86 bits per heavy atom. The van der Waals surface area contributed by atoms with E-state index in [1.165, 1.54) is 0 Å². The van der Waals surface area contributed by atoms with E-state index >= 15 is 0 Å². The molecule has 0 aliphatic heterocycles. The Morgan fingerprint density at radius 2 is 2.14 bits per heavy atom. The van der Waals surface area contributed by atoms with Gasteiger partial charge >= 0.3 is 6.18 Å². The van der Waals surface area contributed by atoms with Crippen LogP contribution in [0.2, 0.25) is 0 Å². The molecule has 0 bridgehead atoms. The Morgan fingerprint density at radius 1 is 1.29 bits per heavy atom. The van der Waals surface area contributed by atoms with E-state index in [-0.39, 0.29) is 5.13 Å². The molecule has 0 radical (unpaired) electrons. The standard InChI is InChI=1S/C13H11F3N4S/c14-13(15,16)10-7-18-12(21-10)17-5-4-9-8-20-6-2-1-3-11(20)19-9/h1-3,6-8H,4-5H2,(H,17,18). The number of rotatable bonds is 4. The van der Waals surface area contributed by atoms with E-state index in [1.807, 2.05) is 35.0 Å². The first-order chi connectivity index (χ1) is 10.0. The van der Waals surface area contributed by atoms with Crippen LogP contribution >= 0.6 is 11.3 Å². The minimum atomic E-state index is -4.33. The second kappa shape index (κ2) is 5.36. The Bertz CT molecular complexity index is 714. The van der Waals surface area contributed by atoms with E-state index in [4.69, 9.17) is 0 Å². The Hall–Kier alpha value is -2.09. The maximum Gasteiger partial charge on any atom is 0.427 e. The molecule has 3 aromatic rings. The molecule has 110 valence electrons. The topological polar surface area (TPSA) is 42.2 Å². The molecule has 3 aromatic heterocycles. The van der Waals surface area contributed by atoms with Crippen LogP contribution in [0.25, 0.3) is 5.65 Å². The summed E-state index contributed by atoms with van der Waals surface area (Å²) in [6.07, 6.45) is 0.926.